The van der Waals surface area contributed by atoms with Crippen LogP contribution in [0, 0.1) is 10.1 Å². The van der Waals surface area contributed by atoms with Crippen LogP contribution in [0.1, 0.15) is 26.3 Å². The molecule has 20 heavy (non-hydrogen) atoms. The first-order valence-corrected chi connectivity index (χ1v) is 6.49. The highest BCUT2D eigenvalue weighted by atomic mass is 35.5. The fourth-order valence-corrected chi connectivity index (χ4v) is 2.14. The molecule has 0 bridgehead atoms. The standard InChI is InChI=1S/C13H17ClN2O4/c1-4-15(13(2,3)12(17)18)8-9-10(14)6-5-7-11(9)16(19)20/h5-7H,4,8H2,1-3H3,(H,17,18). The van der Waals surface area contributed by atoms with Crippen molar-refractivity contribution in [2.24, 2.45) is 0 Å². The molecule has 0 saturated heterocycles. The lowest BCUT2D eigenvalue weighted by Gasteiger charge is -2.34. The van der Waals surface area contributed by atoms with Crippen molar-refractivity contribution in [3.63, 3.8) is 0 Å². The van der Waals surface area contributed by atoms with E-state index in [2.05, 4.69) is 0 Å². The monoisotopic (exact) mass is 300 g/mol. The Morgan fingerprint density at radius 2 is 2.10 bits per heavy atom. The number of aliphatic carboxylic acids is 1. The van der Waals surface area contributed by atoms with Crippen LogP contribution < -0.4 is 0 Å². The summed E-state index contributed by atoms with van der Waals surface area (Å²) in [5, 5.41) is 20.6. The molecular weight excluding hydrogens is 284 g/mol. The Bertz CT molecular complexity index is 531. The second-order valence-corrected chi connectivity index (χ2v) is 5.28. The minimum Gasteiger partial charge on any atom is -0.480 e. The van der Waals surface area contributed by atoms with Crippen LogP contribution in [-0.4, -0.2) is 33.0 Å². The van der Waals surface area contributed by atoms with Gasteiger partial charge in [-0.25, -0.2) is 0 Å². The van der Waals surface area contributed by atoms with Crippen molar-refractivity contribution in [1.82, 2.24) is 4.90 Å². The van der Waals surface area contributed by atoms with Gasteiger partial charge in [-0.3, -0.25) is 19.8 Å². The van der Waals surface area contributed by atoms with Gasteiger partial charge in [0, 0.05) is 12.6 Å². The average Bonchev–Trinajstić information content (AvgIpc) is 2.36. The summed E-state index contributed by atoms with van der Waals surface area (Å²) in [7, 11) is 0. The molecule has 0 aromatic heterocycles. The Kier molecular flexibility index (Phi) is 5.08. The van der Waals surface area contributed by atoms with Gasteiger partial charge in [-0.05, 0) is 26.5 Å². The molecule has 0 amide bonds. The molecule has 1 rings (SSSR count). The van der Waals surface area contributed by atoms with E-state index in [1.165, 1.54) is 12.1 Å². The molecule has 0 saturated carbocycles. The fourth-order valence-electron chi connectivity index (χ4n) is 1.91. The van der Waals surface area contributed by atoms with Crippen LogP contribution in [0.25, 0.3) is 0 Å². The van der Waals surface area contributed by atoms with Crippen molar-refractivity contribution in [3.8, 4) is 0 Å². The zero-order valence-electron chi connectivity index (χ0n) is 11.6. The average molecular weight is 301 g/mol. The lowest BCUT2D eigenvalue weighted by molar-refractivity contribution is -0.385. The van der Waals surface area contributed by atoms with E-state index in [0.29, 0.717) is 12.1 Å². The van der Waals surface area contributed by atoms with Gasteiger partial charge in [-0.15, -0.1) is 0 Å². The quantitative estimate of drug-likeness (QED) is 0.645. The van der Waals surface area contributed by atoms with E-state index in [1.54, 1.807) is 31.7 Å². The minimum atomic E-state index is -1.14. The summed E-state index contributed by atoms with van der Waals surface area (Å²) < 4.78 is 0. The molecule has 0 spiro atoms. The number of carbonyl (C=O) groups is 1. The van der Waals surface area contributed by atoms with Crippen molar-refractivity contribution in [3.05, 3.63) is 38.9 Å². The predicted molar refractivity (Wildman–Crippen MR) is 75.9 cm³/mol. The summed E-state index contributed by atoms with van der Waals surface area (Å²) in [5.74, 6) is -0.992. The maximum absolute atomic E-state index is 11.3. The normalized spacial score (nSPS) is 11.7. The third-order valence-corrected chi connectivity index (χ3v) is 3.69. The van der Waals surface area contributed by atoms with Crippen LogP contribution in [0.2, 0.25) is 5.02 Å². The summed E-state index contributed by atoms with van der Waals surface area (Å²) in [6, 6.07) is 4.43. The molecule has 0 aliphatic carbocycles. The fraction of sp³-hybridized carbons (Fsp3) is 0.462. The second-order valence-electron chi connectivity index (χ2n) is 4.87. The van der Waals surface area contributed by atoms with Crippen molar-refractivity contribution < 1.29 is 14.8 Å². The first kappa shape index (κ1) is 16.4. The van der Waals surface area contributed by atoms with E-state index < -0.39 is 16.4 Å². The van der Waals surface area contributed by atoms with E-state index in [1.807, 2.05) is 0 Å². The number of halogens is 1. The van der Waals surface area contributed by atoms with Gasteiger partial charge in [0.15, 0.2) is 0 Å². The zero-order chi connectivity index (χ0) is 15.5. The Labute approximate surface area is 122 Å². The molecule has 0 atom stereocenters. The van der Waals surface area contributed by atoms with Gasteiger partial charge in [0.2, 0.25) is 0 Å². The van der Waals surface area contributed by atoms with Gasteiger partial charge in [-0.1, -0.05) is 24.6 Å². The molecule has 0 unspecified atom stereocenters. The number of carboxylic acid groups (broad SMARTS) is 1. The van der Waals surface area contributed by atoms with E-state index in [-0.39, 0.29) is 17.3 Å². The molecular formula is C13H17ClN2O4. The lowest BCUT2D eigenvalue weighted by atomic mass is 10.0. The van der Waals surface area contributed by atoms with Crippen LogP contribution in [0.5, 0.6) is 0 Å². The van der Waals surface area contributed by atoms with Gasteiger partial charge < -0.3 is 5.11 Å². The molecule has 0 radical (unpaired) electrons. The van der Waals surface area contributed by atoms with Crippen LogP contribution in [0.3, 0.4) is 0 Å². The first-order valence-electron chi connectivity index (χ1n) is 6.12. The summed E-state index contributed by atoms with van der Waals surface area (Å²) in [6.07, 6.45) is 0. The lowest BCUT2D eigenvalue weighted by Crippen LogP contribution is -2.49. The first-order chi connectivity index (χ1) is 9.21. The van der Waals surface area contributed by atoms with Crippen molar-refractivity contribution >= 4 is 23.3 Å². The SMILES string of the molecule is CCN(Cc1c(Cl)cccc1[N+](=O)[O-])C(C)(C)C(=O)O. The predicted octanol–water partition coefficient (Wildman–Crippen LogP) is 2.93. The maximum atomic E-state index is 11.3. The number of nitro benzene ring substituents is 1. The summed E-state index contributed by atoms with van der Waals surface area (Å²) in [5.41, 5.74) is -0.908. The number of carboxylic acids is 1. The Hall–Kier alpha value is -1.66. The van der Waals surface area contributed by atoms with Crippen LogP contribution in [0.15, 0.2) is 18.2 Å². The van der Waals surface area contributed by atoms with E-state index in [0.717, 1.165) is 0 Å². The highest BCUT2D eigenvalue weighted by Crippen LogP contribution is 2.29. The third kappa shape index (κ3) is 3.26. The molecule has 0 aliphatic heterocycles. The molecule has 0 aliphatic rings. The minimum absolute atomic E-state index is 0.0999. The highest BCUT2D eigenvalue weighted by molar-refractivity contribution is 6.31. The van der Waals surface area contributed by atoms with Gasteiger partial charge in [0.25, 0.3) is 5.69 Å². The largest absolute Gasteiger partial charge is 0.480 e. The highest BCUT2D eigenvalue weighted by Gasteiger charge is 2.35. The number of nitro groups is 1. The van der Waals surface area contributed by atoms with E-state index >= 15 is 0 Å². The Balaban J connectivity index is 3.20. The molecule has 1 aromatic carbocycles. The topological polar surface area (TPSA) is 83.7 Å². The molecule has 0 fully saturated rings. The van der Waals surface area contributed by atoms with Gasteiger partial charge in [-0.2, -0.15) is 0 Å². The number of hydrogen-bond donors (Lipinski definition) is 1. The number of hydrogen-bond acceptors (Lipinski definition) is 4. The van der Waals surface area contributed by atoms with Gasteiger partial charge in [0.1, 0.15) is 5.54 Å². The molecule has 1 N–H and O–H groups in total. The summed E-state index contributed by atoms with van der Waals surface area (Å²) in [6.45, 7) is 5.45. The van der Waals surface area contributed by atoms with Crippen LogP contribution >= 0.6 is 11.6 Å². The van der Waals surface area contributed by atoms with Crippen LogP contribution in [0.4, 0.5) is 5.69 Å². The number of rotatable bonds is 6. The van der Waals surface area contributed by atoms with Crippen LogP contribution in [-0.2, 0) is 11.3 Å². The molecule has 6 nitrogen and oxygen atoms in total. The summed E-state index contributed by atoms with van der Waals surface area (Å²) >= 11 is 6.03. The molecule has 7 heteroatoms. The third-order valence-electron chi connectivity index (χ3n) is 3.34. The van der Waals surface area contributed by atoms with E-state index in [9.17, 15) is 20.0 Å². The summed E-state index contributed by atoms with van der Waals surface area (Å²) in [4.78, 5) is 23.5. The number of benzene rings is 1. The zero-order valence-corrected chi connectivity index (χ0v) is 12.3. The number of likely N-dealkylation sites (N-methyl/N-ethyl adjacent to an activating group) is 1. The smallest absolute Gasteiger partial charge is 0.323 e. The van der Waals surface area contributed by atoms with Crippen molar-refractivity contribution in [2.75, 3.05) is 6.54 Å². The van der Waals surface area contributed by atoms with Gasteiger partial charge >= 0.3 is 5.97 Å². The van der Waals surface area contributed by atoms with Gasteiger partial charge in [0.05, 0.1) is 15.5 Å². The van der Waals surface area contributed by atoms with E-state index in [4.69, 9.17) is 11.6 Å². The number of nitrogens with zero attached hydrogens (tertiary/aromatic N) is 2. The molecule has 1 aromatic rings. The van der Waals surface area contributed by atoms with Crippen molar-refractivity contribution in [2.45, 2.75) is 32.9 Å². The molecule has 110 valence electrons. The Morgan fingerprint density at radius 3 is 2.55 bits per heavy atom. The second kappa shape index (κ2) is 6.19. The van der Waals surface area contributed by atoms with Crippen molar-refractivity contribution in [1.29, 1.82) is 0 Å². The maximum Gasteiger partial charge on any atom is 0.323 e. The molecule has 0 heterocycles. The Morgan fingerprint density at radius 1 is 1.50 bits per heavy atom.